The van der Waals surface area contributed by atoms with Crippen molar-refractivity contribution in [3.8, 4) is 5.69 Å². The number of nitrogens with zero attached hydrogens (tertiary/aromatic N) is 2. The van der Waals surface area contributed by atoms with E-state index in [-0.39, 0.29) is 5.92 Å². The molecule has 2 heteroatoms. The van der Waals surface area contributed by atoms with Crippen molar-refractivity contribution in [1.29, 1.82) is 0 Å². The summed E-state index contributed by atoms with van der Waals surface area (Å²) >= 11 is 0. The highest BCUT2D eigenvalue weighted by Gasteiger charge is 2.36. The van der Waals surface area contributed by atoms with E-state index in [9.17, 15) is 0 Å². The fraction of sp³-hybridized carbons (Fsp3) is 0.0417. The Hall–Kier alpha value is -6.38. The number of rotatable bonds is 3. The molecule has 0 spiro atoms. The smallest absolute Gasteiger partial charge is 0.0541 e. The second kappa shape index (κ2) is 10.6. The maximum Gasteiger partial charge on any atom is 0.0541 e. The van der Waals surface area contributed by atoms with Gasteiger partial charge in [0.2, 0.25) is 0 Å². The van der Waals surface area contributed by atoms with Gasteiger partial charge in [-0.2, -0.15) is 0 Å². The first-order valence-electron chi connectivity index (χ1n) is 17.5. The van der Waals surface area contributed by atoms with E-state index in [2.05, 4.69) is 185 Å². The normalized spacial score (nSPS) is 15.5. The van der Waals surface area contributed by atoms with Crippen molar-refractivity contribution in [2.45, 2.75) is 12.3 Å². The summed E-state index contributed by atoms with van der Waals surface area (Å²) in [6.07, 6.45) is 5.71. The van der Waals surface area contributed by atoms with E-state index < -0.39 is 0 Å². The van der Waals surface area contributed by atoms with E-state index in [4.69, 9.17) is 0 Å². The number of para-hydroxylation sites is 3. The highest BCUT2D eigenvalue weighted by Crippen LogP contribution is 2.53. The van der Waals surface area contributed by atoms with Gasteiger partial charge in [0.05, 0.1) is 11.0 Å². The van der Waals surface area contributed by atoms with Crippen molar-refractivity contribution < 1.29 is 0 Å². The molecule has 0 bridgehead atoms. The van der Waals surface area contributed by atoms with Gasteiger partial charge < -0.3 is 9.47 Å². The molecule has 0 amide bonds. The molecule has 0 N–H and O–H groups in total. The molecule has 2 nitrogen and oxygen atoms in total. The first-order chi connectivity index (χ1) is 24.8. The van der Waals surface area contributed by atoms with E-state index in [0.29, 0.717) is 0 Å². The van der Waals surface area contributed by atoms with Gasteiger partial charge in [0, 0.05) is 39.4 Å². The molecule has 1 atom stereocenters. The van der Waals surface area contributed by atoms with Crippen LogP contribution in [0.5, 0.6) is 0 Å². The molecule has 2 heterocycles. The third-order valence-corrected chi connectivity index (χ3v) is 11.1. The fourth-order valence-corrected chi connectivity index (χ4v) is 8.88. The fourth-order valence-electron chi connectivity index (χ4n) is 8.88. The zero-order valence-corrected chi connectivity index (χ0v) is 27.4. The van der Waals surface area contributed by atoms with Crippen LogP contribution in [0.15, 0.2) is 182 Å². The quantitative estimate of drug-likeness (QED) is 0.175. The minimum Gasteiger partial charge on any atom is -0.313 e. The Morgan fingerprint density at radius 2 is 1.04 bits per heavy atom. The van der Waals surface area contributed by atoms with Crippen LogP contribution in [0.25, 0.3) is 65.4 Å². The average Bonchev–Trinajstić information content (AvgIpc) is 3.70. The Bertz CT molecular complexity index is 2870. The molecule has 11 rings (SSSR count). The minimum absolute atomic E-state index is 0.289. The number of hydrogen-bond donors (Lipinski definition) is 0. The highest BCUT2D eigenvalue weighted by molar-refractivity contribution is 6.25. The molecule has 0 saturated carbocycles. The lowest BCUT2D eigenvalue weighted by molar-refractivity contribution is 0.832. The largest absolute Gasteiger partial charge is 0.313 e. The SMILES string of the molecule is C1=C(c2ccc3c(c2)c2ccccc2n3-c2ccccc2)CC2C(=C1)N(c1ccc3c4ccccc4c4ccccc4c3c1)c1ccccc12. The molecule has 0 fully saturated rings. The van der Waals surface area contributed by atoms with Gasteiger partial charge in [-0.1, -0.05) is 121 Å². The van der Waals surface area contributed by atoms with Gasteiger partial charge in [-0.3, -0.25) is 0 Å². The molecule has 1 unspecified atom stereocenters. The molecule has 1 aliphatic heterocycles. The standard InChI is InChI=1S/C48H32N2/c1-2-12-33(13-3-1)49-45-20-10-8-18-40(45)43-28-31(22-26-47(43)49)32-23-27-48-44(29-32)41-19-9-11-21-46(41)50(48)34-24-25-39-37-16-5-4-14-35(37)36-15-6-7-17-38(36)42(39)30-34/h1-28,30,44H,29H2. The zero-order chi connectivity index (χ0) is 32.8. The van der Waals surface area contributed by atoms with E-state index in [1.807, 2.05) is 0 Å². The number of aromatic nitrogens is 1. The maximum atomic E-state index is 2.51. The van der Waals surface area contributed by atoms with Crippen molar-refractivity contribution in [3.05, 3.63) is 193 Å². The number of benzene rings is 8. The highest BCUT2D eigenvalue weighted by atomic mass is 15.2. The summed E-state index contributed by atoms with van der Waals surface area (Å²) in [5.74, 6) is 0.289. The molecular weight excluding hydrogens is 605 g/mol. The Labute approximate surface area is 290 Å². The first kappa shape index (κ1) is 27.6. The molecule has 1 aliphatic carbocycles. The second-order valence-corrected chi connectivity index (χ2v) is 13.7. The molecule has 0 saturated heterocycles. The molecule has 234 valence electrons. The van der Waals surface area contributed by atoms with Gasteiger partial charge in [0.15, 0.2) is 0 Å². The Kier molecular flexibility index (Phi) is 5.82. The van der Waals surface area contributed by atoms with Crippen LogP contribution < -0.4 is 4.90 Å². The Morgan fingerprint density at radius 3 is 1.82 bits per heavy atom. The molecule has 1 aromatic heterocycles. The lowest BCUT2D eigenvalue weighted by Gasteiger charge is -2.27. The third-order valence-electron chi connectivity index (χ3n) is 11.1. The third kappa shape index (κ3) is 3.90. The number of fused-ring (bicyclic) bond motifs is 12. The van der Waals surface area contributed by atoms with E-state index in [1.165, 1.54) is 93.6 Å². The first-order valence-corrected chi connectivity index (χ1v) is 17.5. The summed E-state index contributed by atoms with van der Waals surface area (Å²) in [7, 11) is 0. The molecule has 9 aromatic rings. The van der Waals surface area contributed by atoms with Crippen LogP contribution in [0.3, 0.4) is 0 Å². The van der Waals surface area contributed by atoms with Crippen LogP contribution in [0.4, 0.5) is 11.4 Å². The zero-order valence-electron chi connectivity index (χ0n) is 27.4. The monoisotopic (exact) mass is 636 g/mol. The molecular formula is C48H32N2. The summed E-state index contributed by atoms with van der Waals surface area (Å²) < 4.78 is 2.39. The van der Waals surface area contributed by atoms with Crippen LogP contribution in [0.1, 0.15) is 23.5 Å². The van der Waals surface area contributed by atoms with Crippen LogP contribution in [0, 0.1) is 0 Å². The predicted octanol–water partition coefficient (Wildman–Crippen LogP) is 12.8. The van der Waals surface area contributed by atoms with Crippen LogP contribution >= 0.6 is 0 Å². The summed E-state index contributed by atoms with van der Waals surface area (Å²) in [5, 5.41) is 10.4. The van der Waals surface area contributed by atoms with E-state index in [1.54, 1.807) is 0 Å². The van der Waals surface area contributed by atoms with Crippen molar-refractivity contribution in [3.63, 3.8) is 0 Å². The second-order valence-electron chi connectivity index (χ2n) is 13.7. The van der Waals surface area contributed by atoms with Gasteiger partial charge in [-0.25, -0.2) is 0 Å². The topological polar surface area (TPSA) is 8.17 Å². The van der Waals surface area contributed by atoms with E-state index in [0.717, 1.165) is 6.42 Å². The average molecular weight is 637 g/mol. The van der Waals surface area contributed by atoms with Gasteiger partial charge in [0.25, 0.3) is 0 Å². The minimum atomic E-state index is 0.289. The molecule has 2 aliphatic rings. The number of allylic oxidation sites excluding steroid dienone is 4. The van der Waals surface area contributed by atoms with Gasteiger partial charge >= 0.3 is 0 Å². The van der Waals surface area contributed by atoms with E-state index >= 15 is 0 Å². The van der Waals surface area contributed by atoms with Gasteiger partial charge in [0.1, 0.15) is 0 Å². The van der Waals surface area contributed by atoms with Crippen molar-refractivity contribution in [2.24, 2.45) is 0 Å². The maximum absolute atomic E-state index is 2.51. The number of anilines is 2. The summed E-state index contributed by atoms with van der Waals surface area (Å²) in [4.78, 5) is 2.51. The van der Waals surface area contributed by atoms with Crippen LogP contribution in [0.2, 0.25) is 0 Å². The lowest BCUT2D eigenvalue weighted by Crippen LogP contribution is -2.15. The van der Waals surface area contributed by atoms with Crippen molar-refractivity contribution >= 4 is 71.1 Å². The van der Waals surface area contributed by atoms with Gasteiger partial charge in [-0.15, -0.1) is 0 Å². The van der Waals surface area contributed by atoms with Crippen LogP contribution in [-0.2, 0) is 0 Å². The summed E-state index contributed by atoms with van der Waals surface area (Å²) in [6.45, 7) is 0. The molecule has 50 heavy (non-hydrogen) atoms. The lowest BCUT2D eigenvalue weighted by atomic mass is 9.84. The van der Waals surface area contributed by atoms with Gasteiger partial charge in [-0.05, 0) is 110 Å². The summed E-state index contributed by atoms with van der Waals surface area (Å²) in [5.41, 5.74) is 11.6. The number of hydrogen-bond acceptors (Lipinski definition) is 1. The van der Waals surface area contributed by atoms with Crippen LogP contribution in [-0.4, -0.2) is 4.57 Å². The summed E-state index contributed by atoms with van der Waals surface area (Å²) in [6, 6.07) is 60.3. The molecule has 8 aromatic carbocycles. The Balaban J connectivity index is 1.06. The molecule has 0 radical (unpaired) electrons. The predicted molar refractivity (Wildman–Crippen MR) is 212 cm³/mol. The Morgan fingerprint density at radius 1 is 0.420 bits per heavy atom. The van der Waals surface area contributed by atoms with Crippen molar-refractivity contribution in [1.82, 2.24) is 4.57 Å². The van der Waals surface area contributed by atoms with Crippen molar-refractivity contribution in [2.75, 3.05) is 4.90 Å².